The molecule has 0 radical (unpaired) electrons. The van der Waals surface area contributed by atoms with Gasteiger partial charge < -0.3 is 4.90 Å². The van der Waals surface area contributed by atoms with E-state index in [-0.39, 0.29) is 0 Å². The molecule has 0 aliphatic heterocycles. The van der Waals surface area contributed by atoms with Crippen molar-refractivity contribution in [1.29, 1.82) is 0 Å². The molecule has 0 atom stereocenters. The fourth-order valence-electron chi connectivity index (χ4n) is 0.393. The summed E-state index contributed by atoms with van der Waals surface area (Å²) in [6.45, 7) is 2.68. The average molecular weight is 145 g/mol. The first-order chi connectivity index (χ1) is 4.22. The fourth-order valence-corrected chi connectivity index (χ4v) is 0.614. The van der Waals surface area contributed by atoms with Crippen LogP contribution >= 0.6 is 0 Å². The van der Waals surface area contributed by atoms with E-state index in [0.717, 1.165) is 6.54 Å². The second-order valence-electron chi connectivity index (χ2n) is 1.76. The molecule has 0 saturated heterocycles. The van der Waals surface area contributed by atoms with Gasteiger partial charge in [-0.15, -0.1) is 4.36 Å². The normalized spacial score (nSPS) is 11.2. The Kier molecular flexibility index (Phi) is 4.13. The maximum absolute atomic E-state index is 4.47. The highest BCUT2D eigenvalue weighted by Gasteiger charge is 1.94. The van der Waals surface area contributed by atoms with E-state index in [1.807, 2.05) is 21.0 Å². The molecule has 0 fully saturated rings. The molecule has 0 aromatic heterocycles. The number of hydrogen-bond acceptors (Lipinski definition) is 2. The smallest absolute Gasteiger partial charge is 0.232 e. The summed E-state index contributed by atoms with van der Waals surface area (Å²) in [5.41, 5.74) is 0. The molecule has 0 heterocycles. The Morgan fingerprint density at radius 2 is 2.11 bits per heavy atom. The van der Waals surface area contributed by atoms with Crippen LogP contribution in [0.25, 0.3) is 0 Å². The van der Waals surface area contributed by atoms with Gasteiger partial charge in [0.1, 0.15) is 0 Å². The van der Waals surface area contributed by atoms with E-state index in [9.17, 15) is 0 Å². The largest absolute Gasteiger partial charge is 0.347 e. The van der Waals surface area contributed by atoms with Crippen LogP contribution in [0.5, 0.6) is 0 Å². The molecule has 9 heavy (non-hydrogen) atoms. The van der Waals surface area contributed by atoms with Gasteiger partial charge in [-0.05, 0) is 6.92 Å². The molecule has 0 aromatic rings. The Morgan fingerprint density at radius 1 is 1.56 bits per heavy atom. The van der Waals surface area contributed by atoms with Crippen LogP contribution in [0.15, 0.2) is 9.36 Å². The highest BCUT2D eigenvalue weighted by atomic mass is 32.1. The van der Waals surface area contributed by atoms with Gasteiger partial charge in [0, 0.05) is 33.1 Å². The summed E-state index contributed by atoms with van der Waals surface area (Å²) in [5, 5.41) is 0. The SMILES string of the molecule is CCN=C(N=S)N(C)C. The third-order valence-corrected chi connectivity index (χ3v) is 0.944. The molecule has 52 valence electrons. The topological polar surface area (TPSA) is 28.0 Å². The predicted octanol–water partition coefficient (Wildman–Crippen LogP) is 0.654. The quantitative estimate of drug-likeness (QED) is 0.400. The van der Waals surface area contributed by atoms with E-state index in [0.29, 0.717) is 5.96 Å². The third-order valence-electron chi connectivity index (χ3n) is 0.781. The first-order valence-corrected chi connectivity index (χ1v) is 3.14. The molecule has 0 spiro atoms. The maximum Gasteiger partial charge on any atom is 0.232 e. The molecule has 0 saturated carbocycles. The molecule has 3 nitrogen and oxygen atoms in total. The minimum atomic E-state index is 0.618. The van der Waals surface area contributed by atoms with E-state index < -0.39 is 0 Å². The Hall–Kier alpha value is -0.510. The monoisotopic (exact) mass is 145 g/mol. The van der Waals surface area contributed by atoms with Gasteiger partial charge in [-0.1, -0.05) is 0 Å². The summed E-state index contributed by atoms with van der Waals surface area (Å²) in [5.74, 6) is 0.618. The van der Waals surface area contributed by atoms with Crippen LogP contribution in [-0.2, 0) is 12.4 Å². The van der Waals surface area contributed by atoms with Gasteiger partial charge >= 0.3 is 0 Å². The van der Waals surface area contributed by atoms with Crippen molar-refractivity contribution in [3.63, 3.8) is 0 Å². The van der Waals surface area contributed by atoms with Gasteiger partial charge in [0.15, 0.2) is 0 Å². The van der Waals surface area contributed by atoms with Crippen LogP contribution in [0.1, 0.15) is 6.92 Å². The fraction of sp³-hybridized carbons (Fsp3) is 0.800. The Morgan fingerprint density at radius 3 is 2.22 bits per heavy atom. The Bertz CT molecular complexity index is 119. The standard InChI is InChI=1S/C5H11N3S/c1-4-6-5(7-9)8(2)3/h4H2,1-3H3. The zero-order chi connectivity index (χ0) is 7.28. The van der Waals surface area contributed by atoms with Crippen molar-refractivity contribution < 1.29 is 0 Å². The van der Waals surface area contributed by atoms with Crippen molar-refractivity contribution in [2.24, 2.45) is 9.36 Å². The number of nitrogens with zero attached hydrogens (tertiary/aromatic N) is 3. The lowest BCUT2D eigenvalue weighted by molar-refractivity contribution is 0.612. The minimum Gasteiger partial charge on any atom is -0.347 e. The summed E-state index contributed by atoms with van der Waals surface area (Å²) >= 11 is 4.47. The number of aliphatic imine (C=N–C) groups is 1. The number of guanidine groups is 1. The van der Waals surface area contributed by atoms with Crippen molar-refractivity contribution in [2.75, 3.05) is 20.6 Å². The lowest BCUT2D eigenvalue weighted by Gasteiger charge is -2.07. The van der Waals surface area contributed by atoms with Crippen LogP contribution in [0.2, 0.25) is 0 Å². The van der Waals surface area contributed by atoms with Crippen molar-refractivity contribution >= 4 is 18.4 Å². The molecule has 0 aliphatic rings. The minimum absolute atomic E-state index is 0.618. The lowest BCUT2D eigenvalue weighted by Crippen LogP contribution is -2.19. The molecule has 0 amide bonds. The maximum atomic E-state index is 4.47. The molecule has 0 bridgehead atoms. The van der Waals surface area contributed by atoms with Crippen molar-refractivity contribution in [3.8, 4) is 0 Å². The van der Waals surface area contributed by atoms with Crippen LogP contribution in [0.4, 0.5) is 0 Å². The molecule has 4 heteroatoms. The Balaban J connectivity index is 3.97. The summed E-state index contributed by atoms with van der Waals surface area (Å²) in [6, 6.07) is 0. The van der Waals surface area contributed by atoms with Crippen LogP contribution < -0.4 is 0 Å². The molecule has 0 N–H and O–H groups in total. The van der Waals surface area contributed by atoms with Gasteiger partial charge in [-0.2, -0.15) is 0 Å². The molecular formula is C5H11N3S. The zero-order valence-corrected chi connectivity index (χ0v) is 6.77. The van der Waals surface area contributed by atoms with Crippen molar-refractivity contribution in [1.82, 2.24) is 4.90 Å². The van der Waals surface area contributed by atoms with E-state index in [1.165, 1.54) is 0 Å². The summed E-state index contributed by atoms with van der Waals surface area (Å²) < 4.78 is 3.54. The molecular weight excluding hydrogens is 134 g/mol. The Labute approximate surface area is 60.9 Å². The third kappa shape index (κ3) is 3.13. The van der Waals surface area contributed by atoms with Crippen molar-refractivity contribution in [3.05, 3.63) is 0 Å². The highest BCUT2D eigenvalue weighted by Crippen LogP contribution is 1.84. The number of hydrogen-bond donors (Lipinski definition) is 0. The van der Waals surface area contributed by atoms with Gasteiger partial charge in [-0.3, -0.25) is 4.99 Å². The van der Waals surface area contributed by atoms with Crippen LogP contribution in [-0.4, -0.2) is 31.5 Å². The highest BCUT2D eigenvalue weighted by molar-refractivity contribution is 7.47. The van der Waals surface area contributed by atoms with Crippen LogP contribution in [0, 0.1) is 0 Å². The predicted molar refractivity (Wildman–Crippen MR) is 41.5 cm³/mol. The summed E-state index contributed by atoms with van der Waals surface area (Å²) in [6.07, 6.45) is 0. The van der Waals surface area contributed by atoms with Crippen molar-refractivity contribution in [2.45, 2.75) is 6.92 Å². The molecule has 0 aliphatic carbocycles. The number of rotatable bonds is 1. The summed E-state index contributed by atoms with van der Waals surface area (Å²) in [7, 11) is 3.73. The second kappa shape index (κ2) is 4.38. The van der Waals surface area contributed by atoms with E-state index in [2.05, 4.69) is 21.8 Å². The zero-order valence-electron chi connectivity index (χ0n) is 5.96. The lowest BCUT2D eigenvalue weighted by atomic mass is 10.7. The first-order valence-electron chi connectivity index (χ1n) is 2.77. The van der Waals surface area contributed by atoms with E-state index in [4.69, 9.17) is 0 Å². The average Bonchev–Trinajstić information content (AvgIpc) is 1.82. The molecule has 0 unspecified atom stereocenters. The van der Waals surface area contributed by atoms with Crippen LogP contribution in [0.3, 0.4) is 0 Å². The van der Waals surface area contributed by atoms with Gasteiger partial charge in [0.2, 0.25) is 5.96 Å². The second-order valence-corrected chi connectivity index (χ2v) is 1.94. The van der Waals surface area contributed by atoms with Gasteiger partial charge in [0.05, 0.1) is 0 Å². The van der Waals surface area contributed by atoms with E-state index in [1.54, 1.807) is 4.90 Å². The van der Waals surface area contributed by atoms with Gasteiger partial charge in [-0.25, -0.2) is 0 Å². The van der Waals surface area contributed by atoms with E-state index >= 15 is 0 Å². The van der Waals surface area contributed by atoms with Gasteiger partial charge in [0.25, 0.3) is 0 Å². The first kappa shape index (κ1) is 8.49. The molecule has 0 aromatic carbocycles. The summed E-state index contributed by atoms with van der Waals surface area (Å²) in [4.78, 5) is 5.80. The molecule has 0 rings (SSSR count).